The van der Waals surface area contributed by atoms with Gasteiger partial charge in [0, 0.05) is 12.2 Å². The van der Waals surface area contributed by atoms with Crippen LogP contribution in [0.4, 0.5) is 5.69 Å². The van der Waals surface area contributed by atoms with Crippen LogP contribution in [0.5, 0.6) is 0 Å². The Labute approximate surface area is 83.6 Å². The van der Waals surface area contributed by atoms with E-state index in [4.69, 9.17) is 0 Å². The Morgan fingerprint density at radius 2 is 2.36 bits per heavy atom. The number of guanidine groups is 1. The Kier molecular flexibility index (Phi) is 2.49. The van der Waals surface area contributed by atoms with Crippen molar-refractivity contribution in [2.45, 2.75) is 6.54 Å². The molecule has 0 saturated carbocycles. The minimum Gasteiger partial charge on any atom is -0.353 e. The van der Waals surface area contributed by atoms with Crippen molar-refractivity contribution in [2.24, 2.45) is 4.99 Å². The van der Waals surface area contributed by atoms with Gasteiger partial charge in [-0.05, 0) is 11.6 Å². The fourth-order valence-corrected chi connectivity index (χ4v) is 1.38. The molecule has 0 spiro atoms. The summed E-state index contributed by atoms with van der Waals surface area (Å²) < 4.78 is 0. The quantitative estimate of drug-likeness (QED) is 0.692. The van der Waals surface area contributed by atoms with E-state index in [9.17, 15) is 0 Å². The monoisotopic (exact) mass is 187 g/mol. The summed E-state index contributed by atoms with van der Waals surface area (Å²) in [6, 6.07) is 8.18. The van der Waals surface area contributed by atoms with Crippen molar-refractivity contribution in [1.82, 2.24) is 5.32 Å². The molecule has 0 aromatic heterocycles. The number of nitrogens with one attached hydrogen (secondary N) is 2. The molecule has 14 heavy (non-hydrogen) atoms. The van der Waals surface area contributed by atoms with Crippen molar-refractivity contribution < 1.29 is 0 Å². The largest absolute Gasteiger partial charge is 0.353 e. The summed E-state index contributed by atoms with van der Waals surface area (Å²) in [7, 11) is 0. The molecule has 0 saturated heterocycles. The number of benzene rings is 1. The number of para-hydroxylation sites is 1. The molecule has 0 radical (unpaired) electrons. The molecule has 72 valence electrons. The molecule has 1 heterocycles. The molecule has 2 rings (SSSR count). The average molecular weight is 187 g/mol. The normalized spacial score (nSPS) is 13.6. The Morgan fingerprint density at radius 1 is 1.50 bits per heavy atom. The highest BCUT2D eigenvalue weighted by molar-refractivity contribution is 5.95. The predicted molar refractivity (Wildman–Crippen MR) is 59.4 cm³/mol. The van der Waals surface area contributed by atoms with Crippen LogP contribution in [0.3, 0.4) is 0 Å². The van der Waals surface area contributed by atoms with Crippen molar-refractivity contribution in [3.63, 3.8) is 0 Å². The first-order valence-corrected chi connectivity index (χ1v) is 4.64. The molecule has 3 heteroatoms. The minimum atomic E-state index is 0.730. The van der Waals surface area contributed by atoms with Gasteiger partial charge in [-0.1, -0.05) is 24.3 Å². The first kappa shape index (κ1) is 8.81. The highest BCUT2D eigenvalue weighted by Crippen LogP contribution is 2.18. The van der Waals surface area contributed by atoms with Gasteiger partial charge in [-0.15, -0.1) is 6.58 Å². The second-order valence-corrected chi connectivity index (χ2v) is 3.12. The van der Waals surface area contributed by atoms with Crippen molar-refractivity contribution in [1.29, 1.82) is 0 Å². The summed E-state index contributed by atoms with van der Waals surface area (Å²) in [6.07, 6.45) is 1.81. The number of hydrogen-bond donors (Lipinski definition) is 2. The van der Waals surface area contributed by atoms with E-state index in [-0.39, 0.29) is 0 Å². The predicted octanol–water partition coefficient (Wildman–Crippen LogP) is 1.74. The van der Waals surface area contributed by atoms with Crippen LogP contribution in [0.1, 0.15) is 5.56 Å². The van der Waals surface area contributed by atoms with Gasteiger partial charge < -0.3 is 10.6 Å². The van der Waals surface area contributed by atoms with Gasteiger partial charge in [-0.3, -0.25) is 0 Å². The van der Waals surface area contributed by atoms with Crippen LogP contribution in [0.25, 0.3) is 0 Å². The zero-order valence-corrected chi connectivity index (χ0v) is 7.96. The fourth-order valence-electron chi connectivity index (χ4n) is 1.38. The number of rotatable bonds is 2. The SMILES string of the molecule is C=CCNC1=NCc2ccccc2N1. The maximum absolute atomic E-state index is 4.35. The van der Waals surface area contributed by atoms with Crippen LogP contribution >= 0.6 is 0 Å². The third kappa shape index (κ3) is 1.76. The second kappa shape index (κ2) is 3.96. The molecular formula is C11H13N3. The van der Waals surface area contributed by atoms with Gasteiger partial charge in [0.05, 0.1) is 6.54 Å². The molecule has 1 aromatic carbocycles. The molecule has 0 unspecified atom stereocenters. The molecule has 0 amide bonds. The molecule has 0 aliphatic carbocycles. The Morgan fingerprint density at radius 3 is 3.21 bits per heavy atom. The number of hydrogen-bond acceptors (Lipinski definition) is 3. The molecular weight excluding hydrogens is 174 g/mol. The zero-order chi connectivity index (χ0) is 9.80. The molecule has 1 aliphatic rings. The third-order valence-electron chi connectivity index (χ3n) is 2.09. The van der Waals surface area contributed by atoms with Gasteiger partial charge in [0.15, 0.2) is 5.96 Å². The van der Waals surface area contributed by atoms with Crippen LogP contribution < -0.4 is 10.6 Å². The van der Waals surface area contributed by atoms with Gasteiger partial charge in [-0.2, -0.15) is 0 Å². The topological polar surface area (TPSA) is 36.4 Å². The van der Waals surface area contributed by atoms with Gasteiger partial charge in [-0.25, -0.2) is 4.99 Å². The fraction of sp³-hybridized carbons (Fsp3) is 0.182. The number of anilines is 1. The summed E-state index contributed by atoms with van der Waals surface area (Å²) in [5, 5.41) is 6.36. The summed E-state index contributed by atoms with van der Waals surface area (Å²) in [5.74, 6) is 0.823. The lowest BCUT2D eigenvalue weighted by Gasteiger charge is -2.18. The Hall–Kier alpha value is -1.77. The van der Waals surface area contributed by atoms with E-state index in [0.29, 0.717) is 0 Å². The summed E-state index contributed by atoms with van der Waals surface area (Å²) in [5.41, 5.74) is 2.37. The average Bonchev–Trinajstić information content (AvgIpc) is 2.26. The molecule has 3 nitrogen and oxygen atoms in total. The van der Waals surface area contributed by atoms with E-state index in [1.54, 1.807) is 0 Å². The van der Waals surface area contributed by atoms with Crippen LogP contribution in [0, 0.1) is 0 Å². The first-order valence-electron chi connectivity index (χ1n) is 4.64. The second-order valence-electron chi connectivity index (χ2n) is 3.12. The van der Waals surface area contributed by atoms with E-state index in [0.717, 1.165) is 24.7 Å². The van der Waals surface area contributed by atoms with E-state index in [1.807, 2.05) is 18.2 Å². The molecule has 2 N–H and O–H groups in total. The minimum absolute atomic E-state index is 0.730. The maximum atomic E-state index is 4.35. The van der Waals surface area contributed by atoms with E-state index in [2.05, 4.69) is 34.3 Å². The Balaban J connectivity index is 2.09. The van der Waals surface area contributed by atoms with Crippen LogP contribution in [0.2, 0.25) is 0 Å². The smallest absolute Gasteiger partial charge is 0.196 e. The van der Waals surface area contributed by atoms with Gasteiger partial charge in [0.2, 0.25) is 0 Å². The lowest BCUT2D eigenvalue weighted by molar-refractivity contribution is 0.962. The van der Waals surface area contributed by atoms with E-state index >= 15 is 0 Å². The van der Waals surface area contributed by atoms with Crippen molar-refractivity contribution in [3.05, 3.63) is 42.5 Å². The zero-order valence-electron chi connectivity index (χ0n) is 7.96. The van der Waals surface area contributed by atoms with Crippen molar-refractivity contribution in [3.8, 4) is 0 Å². The highest BCUT2D eigenvalue weighted by atomic mass is 15.2. The summed E-state index contributed by atoms with van der Waals surface area (Å²) in [6.45, 7) is 5.11. The number of aliphatic imine (C=N–C) groups is 1. The molecule has 1 aromatic rings. The molecule has 0 fully saturated rings. The van der Waals surface area contributed by atoms with Crippen LogP contribution in [0.15, 0.2) is 41.9 Å². The standard InChI is InChI=1S/C11H13N3/c1-2-7-12-11-13-8-9-5-3-4-6-10(9)14-11/h2-6H,1,7-8H2,(H2,12,13,14). The number of nitrogens with zero attached hydrogens (tertiary/aromatic N) is 1. The highest BCUT2D eigenvalue weighted by Gasteiger charge is 2.08. The number of fused-ring (bicyclic) bond motifs is 1. The van der Waals surface area contributed by atoms with Gasteiger partial charge >= 0.3 is 0 Å². The van der Waals surface area contributed by atoms with Crippen LogP contribution in [-0.2, 0) is 6.54 Å². The lowest BCUT2D eigenvalue weighted by Crippen LogP contribution is -2.33. The van der Waals surface area contributed by atoms with E-state index in [1.165, 1.54) is 5.56 Å². The lowest BCUT2D eigenvalue weighted by atomic mass is 10.1. The van der Waals surface area contributed by atoms with E-state index < -0.39 is 0 Å². The third-order valence-corrected chi connectivity index (χ3v) is 2.09. The van der Waals surface area contributed by atoms with Crippen molar-refractivity contribution >= 4 is 11.6 Å². The Bertz CT molecular complexity index is 369. The van der Waals surface area contributed by atoms with Gasteiger partial charge in [0.1, 0.15) is 0 Å². The summed E-state index contributed by atoms with van der Waals surface area (Å²) in [4.78, 5) is 4.35. The summed E-state index contributed by atoms with van der Waals surface area (Å²) >= 11 is 0. The van der Waals surface area contributed by atoms with Gasteiger partial charge in [0.25, 0.3) is 0 Å². The van der Waals surface area contributed by atoms with Crippen molar-refractivity contribution in [2.75, 3.05) is 11.9 Å². The molecule has 0 bridgehead atoms. The molecule has 0 atom stereocenters. The molecule has 1 aliphatic heterocycles. The maximum Gasteiger partial charge on any atom is 0.196 e. The first-order chi connectivity index (χ1) is 6.90. The van der Waals surface area contributed by atoms with Crippen LogP contribution in [-0.4, -0.2) is 12.5 Å².